The molecule has 0 saturated heterocycles. The highest BCUT2D eigenvalue weighted by Crippen LogP contribution is 2.46. The first kappa shape index (κ1) is 29.3. The van der Waals surface area contributed by atoms with Crippen LogP contribution in [0, 0.1) is 5.41 Å². The molecule has 39 heavy (non-hydrogen) atoms. The van der Waals surface area contributed by atoms with Crippen LogP contribution in [0.25, 0.3) is 6.08 Å². The molecule has 0 aromatic heterocycles. The van der Waals surface area contributed by atoms with E-state index < -0.39 is 29.6 Å². The zero-order valence-corrected chi connectivity index (χ0v) is 23.9. The third kappa shape index (κ3) is 6.56. The van der Waals surface area contributed by atoms with Crippen molar-refractivity contribution in [1.82, 2.24) is 0 Å². The molecule has 2 atom stereocenters. The summed E-state index contributed by atoms with van der Waals surface area (Å²) in [5.41, 5.74) is 5.81. The largest absolute Gasteiger partial charge is 0.465 e. The summed E-state index contributed by atoms with van der Waals surface area (Å²) in [5.74, 6) is -0.495. The fraction of sp³-hybridized carbons (Fsp3) is 0.500. The molecule has 3 aliphatic carbocycles. The molecule has 1 aromatic rings. The Morgan fingerprint density at radius 3 is 2.59 bits per heavy atom. The van der Waals surface area contributed by atoms with Gasteiger partial charge in [-0.3, -0.25) is 4.79 Å². The molecule has 2 unspecified atom stereocenters. The summed E-state index contributed by atoms with van der Waals surface area (Å²) in [5, 5.41) is 9.72. The molecule has 210 valence electrons. The Balaban J connectivity index is 1.25. The van der Waals surface area contributed by atoms with Gasteiger partial charge in [0.15, 0.2) is 5.60 Å². The molecule has 6 nitrogen and oxygen atoms in total. The second-order valence-corrected chi connectivity index (χ2v) is 11.6. The van der Waals surface area contributed by atoms with Crippen LogP contribution >= 0.6 is 11.6 Å². The molecule has 0 heterocycles. The molecule has 0 amide bonds. The molecule has 1 aromatic carbocycles. The maximum absolute atomic E-state index is 12.7. The molecule has 3 aliphatic rings. The SMILES string of the molecule is CC(CO)(COC(=O)C(C)(C)OCCCCc1ccc2c3c1C=CC1=CC=CC(=CC2)C13)C(=O)OCCCCl. The predicted octanol–water partition coefficient (Wildman–Crippen LogP) is 5.61. The molecule has 0 bridgehead atoms. The number of hydrogen-bond donors (Lipinski definition) is 1. The first-order chi connectivity index (χ1) is 18.7. The topological polar surface area (TPSA) is 82.1 Å². The lowest BCUT2D eigenvalue weighted by Gasteiger charge is -2.34. The third-order valence-corrected chi connectivity index (χ3v) is 7.94. The Morgan fingerprint density at radius 2 is 1.82 bits per heavy atom. The molecule has 0 spiro atoms. The van der Waals surface area contributed by atoms with Crippen molar-refractivity contribution in [2.75, 3.05) is 32.3 Å². The number of aryl methyl sites for hydroxylation is 1. The van der Waals surface area contributed by atoms with Gasteiger partial charge in [0.05, 0.1) is 13.2 Å². The number of unbranched alkanes of at least 4 members (excludes halogenated alkanes) is 1. The van der Waals surface area contributed by atoms with Crippen molar-refractivity contribution in [3.8, 4) is 0 Å². The minimum absolute atomic E-state index is 0.151. The van der Waals surface area contributed by atoms with Crippen LogP contribution in [0.5, 0.6) is 0 Å². The first-order valence-electron chi connectivity index (χ1n) is 13.8. The summed E-state index contributed by atoms with van der Waals surface area (Å²) in [6, 6.07) is 4.53. The Bertz CT molecular complexity index is 1210. The molecule has 0 saturated carbocycles. The number of esters is 2. The molecule has 0 radical (unpaired) electrons. The average molecular weight is 555 g/mol. The van der Waals surface area contributed by atoms with Gasteiger partial charge in [-0.2, -0.15) is 0 Å². The normalized spacial score (nSPS) is 18.5. The van der Waals surface area contributed by atoms with Crippen LogP contribution in [0.4, 0.5) is 0 Å². The fourth-order valence-electron chi connectivity index (χ4n) is 5.16. The first-order valence-corrected chi connectivity index (χ1v) is 14.3. The van der Waals surface area contributed by atoms with Gasteiger partial charge in [0.1, 0.15) is 12.0 Å². The van der Waals surface area contributed by atoms with Gasteiger partial charge in [-0.05, 0) is 86.3 Å². The molecular formula is C32H39ClO6. The van der Waals surface area contributed by atoms with E-state index in [0.29, 0.717) is 24.8 Å². The van der Waals surface area contributed by atoms with Crippen molar-refractivity contribution in [3.05, 3.63) is 75.9 Å². The molecular weight excluding hydrogens is 516 g/mol. The number of allylic oxidation sites excluding steroid dienone is 7. The zero-order chi connectivity index (χ0) is 28.0. The molecule has 0 fully saturated rings. The monoisotopic (exact) mass is 554 g/mol. The van der Waals surface area contributed by atoms with Crippen molar-refractivity contribution in [2.24, 2.45) is 5.41 Å². The number of aliphatic hydroxyl groups excluding tert-OH is 1. The van der Waals surface area contributed by atoms with E-state index in [1.165, 1.54) is 40.3 Å². The van der Waals surface area contributed by atoms with Crippen molar-refractivity contribution in [3.63, 3.8) is 0 Å². The van der Waals surface area contributed by atoms with Crippen molar-refractivity contribution < 1.29 is 28.9 Å². The van der Waals surface area contributed by atoms with Gasteiger partial charge in [0.25, 0.3) is 0 Å². The maximum atomic E-state index is 12.7. The number of halogens is 1. The van der Waals surface area contributed by atoms with Crippen LogP contribution < -0.4 is 0 Å². The predicted molar refractivity (Wildman–Crippen MR) is 153 cm³/mol. The molecule has 7 heteroatoms. The van der Waals surface area contributed by atoms with E-state index in [-0.39, 0.29) is 13.2 Å². The minimum atomic E-state index is -1.34. The summed E-state index contributed by atoms with van der Waals surface area (Å²) < 4.78 is 16.4. The number of carbonyl (C=O) groups excluding carboxylic acids is 2. The lowest BCUT2D eigenvalue weighted by molar-refractivity contribution is -0.178. The highest BCUT2D eigenvalue weighted by atomic mass is 35.5. The Kier molecular flexibility index (Phi) is 9.52. The van der Waals surface area contributed by atoms with Gasteiger partial charge in [-0.1, -0.05) is 48.6 Å². The zero-order valence-electron chi connectivity index (χ0n) is 23.1. The molecule has 0 aliphatic heterocycles. The summed E-state index contributed by atoms with van der Waals surface area (Å²) in [4.78, 5) is 25.0. The lowest BCUT2D eigenvalue weighted by atomic mass is 9.70. The standard InChI is InChI=1S/C32H39ClO6/c1-31(2,29(35)38-21-32(3,20-34)30(36)37-18-7-17-33)39-19-5-4-8-22-11-12-25-14-13-23-9-6-10-24-15-16-26(22)28(25)27(23)24/h6,9-13,15-16,27,34H,4-5,7-8,14,17-21H2,1-3H3. The van der Waals surface area contributed by atoms with Crippen molar-refractivity contribution in [2.45, 2.75) is 64.4 Å². The van der Waals surface area contributed by atoms with Crippen LogP contribution in [-0.4, -0.2) is 55.0 Å². The van der Waals surface area contributed by atoms with Gasteiger partial charge in [-0.25, -0.2) is 4.79 Å². The maximum Gasteiger partial charge on any atom is 0.337 e. The van der Waals surface area contributed by atoms with Crippen LogP contribution in [0.15, 0.2) is 53.7 Å². The fourth-order valence-corrected chi connectivity index (χ4v) is 5.27. The average Bonchev–Trinajstić information content (AvgIpc) is 2.94. The van der Waals surface area contributed by atoms with Crippen molar-refractivity contribution >= 4 is 29.6 Å². The number of alkyl halides is 1. The summed E-state index contributed by atoms with van der Waals surface area (Å²) >= 11 is 5.61. The number of aliphatic hydroxyl groups is 1. The van der Waals surface area contributed by atoms with Crippen LogP contribution in [0.3, 0.4) is 0 Å². The van der Waals surface area contributed by atoms with Crippen LogP contribution in [0.1, 0.15) is 68.2 Å². The highest BCUT2D eigenvalue weighted by Gasteiger charge is 2.39. The second-order valence-electron chi connectivity index (χ2n) is 11.2. The van der Waals surface area contributed by atoms with Gasteiger partial charge in [-0.15, -0.1) is 11.6 Å². The number of ether oxygens (including phenoxy) is 3. The van der Waals surface area contributed by atoms with Crippen molar-refractivity contribution in [1.29, 1.82) is 0 Å². The summed E-state index contributed by atoms with van der Waals surface area (Å²) in [6.45, 7) is 4.55. The smallest absolute Gasteiger partial charge is 0.337 e. The van der Waals surface area contributed by atoms with E-state index in [1.54, 1.807) is 13.8 Å². The van der Waals surface area contributed by atoms with E-state index in [1.807, 2.05) is 0 Å². The third-order valence-electron chi connectivity index (χ3n) is 7.67. The number of benzene rings is 1. The van der Waals surface area contributed by atoms with E-state index in [4.69, 9.17) is 25.8 Å². The Hall–Kier alpha value is -2.67. The van der Waals surface area contributed by atoms with Gasteiger partial charge >= 0.3 is 11.9 Å². The van der Waals surface area contributed by atoms with Crippen LogP contribution in [-0.2, 0) is 36.6 Å². The Morgan fingerprint density at radius 1 is 1.00 bits per heavy atom. The van der Waals surface area contributed by atoms with E-state index in [2.05, 4.69) is 48.6 Å². The Labute approximate surface area is 236 Å². The molecule has 1 N–H and O–H groups in total. The van der Waals surface area contributed by atoms with Gasteiger partial charge in [0.2, 0.25) is 0 Å². The van der Waals surface area contributed by atoms with Crippen LogP contribution in [0.2, 0.25) is 0 Å². The highest BCUT2D eigenvalue weighted by molar-refractivity contribution is 6.17. The second kappa shape index (κ2) is 12.7. The lowest BCUT2D eigenvalue weighted by Crippen LogP contribution is -2.43. The molecule has 4 rings (SSSR count). The number of hydrogen-bond acceptors (Lipinski definition) is 6. The number of carbonyl (C=O) groups is 2. The van der Waals surface area contributed by atoms with E-state index in [9.17, 15) is 14.7 Å². The summed E-state index contributed by atoms with van der Waals surface area (Å²) in [6.07, 6.45) is 17.6. The summed E-state index contributed by atoms with van der Waals surface area (Å²) in [7, 11) is 0. The quantitative estimate of drug-likeness (QED) is 0.183. The van der Waals surface area contributed by atoms with E-state index >= 15 is 0 Å². The minimum Gasteiger partial charge on any atom is -0.465 e. The van der Waals surface area contributed by atoms with Gasteiger partial charge in [0, 0.05) is 18.4 Å². The van der Waals surface area contributed by atoms with Gasteiger partial charge < -0.3 is 19.3 Å². The number of rotatable bonds is 14. The van der Waals surface area contributed by atoms with E-state index in [0.717, 1.165) is 25.7 Å².